The van der Waals surface area contributed by atoms with Crippen molar-refractivity contribution in [1.29, 1.82) is 0 Å². The largest absolute Gasteiger partial charge is 0.289 e. The average Bonchev–Trinajstić information content (AvgIpc) is 2.98. The second-order valence-corrected chi connectivity index (χ2v) is 5.79. The van der Waals surface area contributed by atoms with Crippen molar-refractivity contribution in [2.24, 2.45) is 0 Å². The first-order chi connectivity index (χ1) is 10.3. The molecular formula is C18H11NOS. The number of hydrogen-bond donors (Lipinski definition) is 0. The molecule has 0 amide bonds. The van der Waals surface area contributed by atoms with Crippen molar-refractivity contribution in [3.8, 4) is 0 Å². The Bertz CT molecular complexity index is 966. The van der Waals surface area contributed by atoms with E-state index in [-0.39, 0.29) is 5.78 Å². The predicted octanol–water partition coefficient (Wildman–Crippen LogP) is 4.68. The van der Waals surface area contributed by atoms with Crippen LogP contribution >= 0.6 is 11.3 Å². The molecule has 2 aromatic heterocycles. The summed E-state index contributed by atoms with van der Waals surface area (Å²) in [7, 11) is 0. The van der Waals surface area contributed by atoms with Gasteiger partial charge >= 0.3 is 0 Å². The summed E-state index contributed by atoms with van der Waals surface area (Å²) in [5, 5.41) is 4.91. The molecule has 0 aliphatic rings. The van der Waals surface area contributed by atoms with Crippen molar-refractivity contribution < 1.29 is 4.79 Å². The monoisotopic (exact) mass is 289 g/mol. The highest BCUT2D eigenvalue weighted by molar-refractivity contribution is 7.17. The molecule has 3 heteroatoms. The number of rotatable bonds is 2. The molecule has 100 valence electrons. The molecule has 0 atom stereocenters. The number of carbonyl (C=O) groups excluding carboxylic acids is 1. The highest BCUT2D eigenvalue weighted by atomic mass is 32.1. The van der Waals surface area contributed by atoms with Gasteiger partial charge in [-0.15, -0.1) is 11.3 Å². The number of benzene rings is 2. The number of nitrogens with zero attached hydrogens (tertiary/aromatic N) is 1. The van der Waals surface area contributed by atoms with E-state index in [0.29, 0.717) is 5.56 Å². The number of pyridine rings is 1. The van der Waals surface area contributed by atoms with Crippen LogP contribution in [-0.2, 0) is 0 Å². The summed E-state index contributed by atoms with van der Waals surface area (Å²) >= 11 is 1.61. The summed E-state index contributed by atoms with van der Waals surface area (Å²) in [4.78, 5) is 17.1. The predicted molar refractivity (Wildman–Crippen MR) is 87.0 cm³/mol. The zero-order chi connectivity index (χ0) is 14.2. The van der Waals surface area contributed by atoms with Gasteiger partial charge in [0.2, 0.25) is 0 Å². The zero-order valence-electron chi connectivity index (χ0n) is 11.1. The maximum atomic E-state index is 12.9. The number of hydrogen-bond acceptors (Lipinski definition) is 3. The van der Waals surface area contributed by atoms with Crippen LogP contribution in [0.25, 0.3) is 20.9 Å². The molecule has 4 rings (SSSR count). The zero-order valence-corrected chi connectivity index (χ0v) is 11.9. The van der Waals surface area contributed by atoms with Gasteiger partial charge in [-0.25, -0.2) is 0 Å². The number of carbonyl (C=O) groups is 1. The van der Waals surface area contributed by atoms with Gasteiger partial charge in [0, 0.05) is 44.4 Å². The van der Waals surface area contributed by atoms with Crippen LogP contribution in [0.5, 0.6) is 0 Å². The highest BCUT2D eigenvalue weighted by Gasteiger charge is 2.16. The van der Waals surface area contributed by atoms with Crippen LogP contribution in [0.3, 0.4) is 0 Å². The molecule has 0 unspecified atom stereocenters. The molecule has 4 aromatic rings. The van der Waals surface area contributed by atoms with Crippen molar-refractivity contribution in [2.45, 2.75) is 0 Å². The van der Waals surface area contributed by atoms with Gasteiger partial charge in [0.15, 0.2) is 5.78 Å². The number of ketones is 1. The molecule has 0 N–H and O–H groups in total. The Morgan fingerprint density at radius 1 is 0.905 bits per heavy atom. The molecule has 0 spiro atoms. The summed E-state index contributed by atoms with van der Waals surface area (Å²) in [6.07, 6.45) is 3.51. The summed E-state index contributed by atoms with van der Waals surface area (Å²) < 4.78 is 1.14. The summed E-state index contributed by atoms with van der Waals surface area (Å²) in [5.74, 6) is 0.0612. The smallest absolute Gasteiger partial charge is 0.195 e. The Balaban J connectivity index is 1.95. The Hall–Kier alpha value is -2.52. The maximum absolute atomic E-state index is 12.9. The Morgan fingerprint density at radius 3 is 2.76 bits per heavy atom. The lowest BCUT2D eigenvalue weighted by atomic mass is 9.98. The van der Waals surface area contributed by atoms with Crippen molar-refractivity contribution in [1.82, 2.24) is 4.98 Å². The van der Waals surface area contributed by atoms with E-state index in [1.54, 1.807) is 23.7 Å². The Kier molecular flexibility index (Phi) is 2.79. The first-order valence-corrected chi connectivity index (χ1v) is 7.56. The van der Waals surface area contributed by atoms with E-state index in [2.05, 4.69) is 4.98 Å². The molecule has 2 nitrogen and oxygen atoms in total. The molecule has 0 fully saturated rings. The molecule has 0 saturated heterocycles. The van der Waals surface area contributed by atoms with Gasteiger partial charge in [-0.05, 0) is 17.5 Å². The Labute approximate surface area is 125 Å². The quantitative estimate of drug-likeness (QED) is 0.501. The number of fused-ring (bicyclic) bond motifs is 2. The van der Waals surface area contributed by atoms with E-state index in [0.717, 1.165) is 26.4 Å². The van der Waals surface area contributed by atoms with E-state index >= 15 is 0 Å². The summed E-state index contributed by atoms with van der Waals surface area (Å²) in [6.45, 7) is 0. The molecule has 0 aliphatic carbocycles. The van der Waals surface area contributed by atoms with E-state index < -0.39 is 0 Å². The second-order valence-electron chi connectivity index (χ2n) is 4.88. The summed E-state index contributed by atoms with van der Waals surface area (Å²) in [5.41, 5.74) is 1.48. The van der Waals surface area contributed by atoms with E-state index in [4.69, 9.17) is 0 Å². The van der Waals surface area contributed by atoms with Crippen LogP contribution in [0, 0.1) is 0 Å². The van der Waals surface area contributed by atoms with Crippen molar-refractivity contribution in [3.05, 3.63) is 77.4 Å². The van der Waals surface area contributed by atoms with E-state index in [1.165, 1.54) is 0 Å². The van der Waals surface area contributed by atoms with E-state index in [1.807, 2.05) is 53.9 Å². The lowest BCUT2D eigenvalue weighted by Gasteiger charge is -2.04. The minimum absolute atomic E-state index is 0.0612. The van der Waals surface area contributed by atoms with Crippen LogP contribution in [0.2, 0.25) is 0 Å². The molecule has 0 bridgehead atoms. The van der Waals surface area contributed by atoms with Gasteiger partial charge < -0.3 is 0 Å². The van der Waals surface area contributed by atoms with Crippen molar-refractivity contribution in [2.75, 3.05) is 0 Å². The van der Waals surface area contributed by atoms with Crippen LogP contribution in [0.15, 0.2) is 66.3 Å². The van der Waals surface area contributed by atoms with Crippen molar-refractivity contribution in [3.63, 3.8) is 0 Å². The average molecular weight is 289 g/mol. The number of thiophene rings is 1. The highest BCUT2D eigenvalue weighted by Crippen LogP contribution is 2.29. The molecule has 2 aromatic carbocycles. The maximum Gasteiger partial charge on any atom is 0.195 e. The van der Waals surface area contributed by atoms with Crippen LogP contribution < -0.4 is 0 Å². The first kappa shape index (κ1) is 12.2. The van der Waals surface area contributed by atoms with Gasteiger partial charge in [-0.2, -0.15) is 0 Å². The van der Waals surface area contributed by atoms with Gasteiger partial charge in [0.1, 0.15) is 0 Å². The van der Waals surface area contributed by atoms with Crippen LogP contribution in [0.4, 0.5) is 0 Å². The molecular weight excluding hydrogens is 278 g/mol. The van der Waals surface area contributed by atoms with Gasteiger partial charge in [0.25, 0.3) is 0 Å². The molecule has 0 radical (unpaired) electrons. The fraction of sp³-hybridized carbons (Fsp3) is 0. The second kappa shape index (κ2) is 4.79. The fourth-order valence-electron chi connectivity index (χ4n) is 2.61. The topological polar surface area (TPSA) is 30.0 Å². The fourth-order valence-corrected chi connectivity index (χ4v) is 3.55. The lowest BCUT2D eigenvalue weighted by Crippen LogP contribution is -2.01. The lowest BCUT2D eigenvalue weighted by molar-refractivity contribution is 0.104. The standard InChI is InChI=1S/C18H11NOS/c20-18(16-11-21-17-7-2-1-5-13(16)17)14-6-3-4-12-8-9-19-10-15(12)14/h1-11H. The van der Waals surface area contributed by atoms with Crippen LogP contribution in [0.1, 0.15) is 15.9 Å². The van der Waals surface area contributed by atoms with Gasteiger partial charge in [-0.3, -0.25) is 9.78 Å². The molecule has 0 aliphatic heterocycles. The van der Waals surface area contributed by atoms with E-state index in [9.17, 15) is 4.79 Å². The molecule has 21 heavy (non-hydrogen) atoms. The van der Waals surface area contributed by atoms with Gasteiger partial charge in [-0.1, -0.05) is 36.4 Å². The minimum atomic E-state index is 0.0612. The number of aromatic nitrogens is 1. The summed E-state index contributed by atoms with van der Waals surface area (Å²) in [6, 6.07) is 15.7. The molecule has 0 saturated carbocycles. The van der Waals surface area contributed by atoms with Crippen molar-refractivity contribution >= 4 is 38.0 Å². The third kappa shape index (κ3) is 1.94. The van der Waals surface area contributed by atoms with Gasteiger partial charge in [0.05, 0.1) is 0 Å². The SMILES string of the molecule is O=C(c1cccc2ccncc12)c1csc2ccccc12. The third-order valence-corrected chi connectivity index (χ3v) is 4.62. The van der Waals surface area contributed by atoms with Crippen LogP contribution in [-0.4, -0.2) is 10.8 Å². The third-order valence-electron chi connectivity index (χ3n) is 3.65. The Morgan fingerprint density at radius 2 is 1.81 bits per heavy atom. The minimum Gasteiger partial charge on any atom is -0.289 e. The molecule has 2 heterocycles. The normalized spacial score (nSPS) is 11.0. The first-order valence-electron chi connectivity index (χ1n) is 6.68.